The molecule has 1 aliphatic carbocycles. The Kier molecular flexibility index (Phi) is 22.6. The van der Waals surface area contributed by atoms with Crippen molar-refractivity contribution in [2.24, 2.45) is 0 Å². The van der Waals surface area contributed by atoms with E-state index in [4.69, 9.17) is 37.9 Å². The van der Waals surface area contributed by atoms with E-state index < -0.39 is 15.9 Å². The third-order valence-corrected chi connectivity index (χ3v) is 15.5. The van der Waals surface area contributed by atoms with Crippen LogP contribution in [-0.2, 0) is 45.2 Å². The third kappa shape index (κ3) is 16.7. The first kappa shape index (κ1) is 57.6. The quantitative estimate of drug-likeness (QED) is 0.0612. The van der Waals surface area contributed by atoms with Crippen molar-refractivity contribution in [2.75, 3.05) is 66.1 Å². The number of ether oxygens (including phenoxy) is 8. The van der Waals surface area contributed by atoms with E-state index in [2.05, 4.69) is 91.4 Å². The summed E-state index contributed by atoms with van der Waals surface area (Å²) in [6, 6.07) is 38.2. The van der Waals surface area contributed by atoms with Gasteiger partial charge in [-0.1, -0.05) is 169 Å². The summed E-state index contributed by atoms with van der Waals surface area (Å²) < 4.78 is 80.5. The highest BCUT2D eigenvalue weighted by Crippen LogP contribution is 2.39. The summed E-state index contributed by atoms with van der Waals surface area (Å²) in [6.45, 7) is 7.57. The Morgan fingerprint density at radius 3 is 1.28 bits per heavy atom. The van der Waals surface area contributed by atoms with Crippen molar-refractivity contribution in [1.29, 1.82) is 0 Å². The van der Waals surface area contributed by atoms with Gasteiger partial charge in [-0.15, -0.1) is 0 Å². The smallest absolute Gasteiger partial charge is 0.265 e. The Labute approximate surface area is 463 Å². The van der Waals surface area contributed by atoms with Crippen molar-refractivity contribution in [3.8, 4) is 34.5 Å². The van der Waals surface area contributed by atoms with Crippen LogP contribution in [0.5, 0.6) is 34.5 Å². The van der Waals surface area contributed by atoms with Gasteiger partial charge in [0.15, 0.2) is 11.5 Å². The normalized spacial score (nSPS) is 14.3. The van der Waals surface area contributed by atoms with Crippen LogP contribution in [0.2, 0.25) is 0 Å². The van der Waals surface area contributed by atoms with E-state index in [1.165, 1.54) is 75.6 Å². The van der Waals surface area contributed by atoms with E-state index >= 15 is 0 Å². The molecule has 6 aromatic rings. The second kappa shape index (κ2) is 30.6. The molecule has 12 nitrogen and oxygen atoms in total. The summed E-state index contributed by atoms with van der Waals surface area (Å²) in [5, 5.41) is 0. The van der Waals surface area contributed by atoms with Crippen LogP contribution in [0.15, 0.2) is 126 Å². The molecule has 1 N–H and O–H groups in total. The monoisotopic (exact) mass is 1080 g/mol. The van der Waals surface area contributed by atoms with Gasteiger partial charge >= 0.3 is 0 Å². The number of nitrogens with one attached hydrogen (secondary N) is 1. The Bertz CT molecular complexity index is 2830. The maximum absolute atomic E-state index is 13.4. The summed E-state index contributed by atoms with van der Waals surface area (Å²) in [6.07, 6.45) is 16.4. The molecule has 0 saturated carbocycles. The van der Waals surface area contributed by atoms with Crippen molar-refractivity contribution in [1.82, 2.24) is 4.72 Å². The van der Waals surface area contributed by atoms with Crippen molar-refractivity contribution in [2.45, 2.75) is 121 Å². The molecule has 13 heteroatoms. The molecule has 416 valence electrons. The first-order valence-corrected chi connectivity index (χ1v) is 29.9. The summed E-state index contributed by atoms with van der Waals surface area (Å²) in [5.41, 5.74) is 8.62. The predicted octanol–water partition coefficient (Wildman–Crippen LogP) is 13.2. The van der Waals surface area contributed by atoms with E-state index in [0.29, 0.717) is 51.3 Å². The molecule has 3 aliphatic rings. The predicted molar refractivity (Wildman–Crippen MR) is 306 cm³/mol. The van der Waals surface area contributed by atoms with E-state index in [0.717, 1.165) is 93.2 Å². The van der Waals surface area contributed by atoms with Gasteiger partial charge in [-0.2, -0.15) is 0 Å². The number of carbonyl (C=O) groups excluding carboxylic acids is 1. The number of para-hydroxylation sites is 4. The molecule has 10 bridgehead atoms. The third-order valence-electron chi connectivity index (χ3n) is 14.1. The van der Waals surface area contributed by atoms with Crippen LogP contribution < -0.4 is 33.1 Å². The van der Waals surface area contributed by atoms with E-state index in [9.17, 15) is 13.2 Å². The minimum atomic E-state index is -4.12. The summed E-state index contributed by atoms with van der Waals surface area (Å²) >= 11 is 0. The number of unbranched alkanes of at least 4 members (excludes halogenated alkanes) is 10. The lowest BCUT2D eigenvalue weighted by Gasteiger charge is -2.23. The van der Waals surface area contributed by atoms with Gasteiger partial charge in [-0.3, -0.25) is 4.79 Å². The second-order valence-electron chi connectivity index (χ2n) is 20.1. The van der Waals surface area contributed by atoms with Crippen LogP contribution in [0.3, 0.4) is 0 Å². The minimum absolute atomic E-state index is 0.0250. The lowest BCUT2D eigenvalue weighted by molar-refractivity contribution is 0.0695. The zero-order chi connectivity index (χ0) is 54.2. The fraction of sp³-hybridized carbons (Fsp3) is 0.431. The molecule has 2 heterocycles. The highest BCUT2D eigenvalue weighted by Gasteiger charge is 2.24. The molecule has 0 atom stereocenters. The van der Waals surface area contributed by atoms with Gasteiger partial charge in [-0.25, -0.2) is 13.1 Å². The molecule has 0 aromatic heterocycles. The van der Waals surface area contributed by atoms with Crippen molar-refractivity contribution >= 4 is 15.9 Å². The zero-order valence-electron chi connectivity index (χ0n) is 45.8. The highest BCUT2D eigenvalue weighted by atomic mass is 32.2. The number of carbonyl (C=O) groups is 1. The molecule has 78 heavy (non-hydrogen) atoms. The Hall–Kier alpha value is -6.54. The van der Waals surface area contributed by atoms with Crippen molar-refractivity contribution in [3.63, 3.8) is 0 Å². The Morgan fingerprint density at radius 2 is 0.833 bits per heavy atom. The van der Waals surface area contributed by atoms with Gasteiger partial charge in [0.05, 0.1) is 44.5 Å². The fourth-order valence-corrected chi connectivity index (χ4v) is 11.1. The molecule has 2 aliphatic heterocycles. The number of hydrogen-bond acceptors (Lipinski definition) is 11. The SMILES string of the molecule is CCCCCCCCOc1c2cccc1Cc1cccc3c1OCCOCCOc1cc(C(=O)NS(=O)(=O)c4ccccc4)ccc1OCCOCCOc1c(cccc1Cc1cccc(c1OCCCCCCCC)C3)C2. The second-order valence-corrected chi connectivity index (χ2v) is 21.8. The van der Waals surface area contributed by atoms with Gasteiger partial charge in [0, 0.05) is 31.2 Å². The lowest BCUT2D eigenvalue weighted by atomic mass is 9.91. The van der Waals surface area contributed by atoms with Gasteiger partial charge in [0.2, 0.25) is 0 Å². The lowest BCUT2D eigenvalue weighted by Crippen LogP contribution is -2.30. The molecular weight excluding hydrogens is 1000 g/mol. The van der Waals surface area contributed by atoms with E-state index in [1.54, 1.807) is 24.3 Å². The molecule has 9 rings (SSSR count). The van der Waals surface area contributed by atoms with E-state index in [-0.39, 0.29) is 62.5 Å². The number of fused-ring (bicyclic) bond motifs is 12. The van der Waals surface area contributed by atoms with Gasteiger partial charge in [0.1, 0.15) is 49.4 Å². The van der Waals surface area contributed by atoms with Crippen LogP contribution in [0.25, 0.3) is 0 Å². The Morgan fingerprint density at radius 1 is 0.436 bits per heavy atom. The van der Waals surface area contributed by atoms with Crippen molar-refractivity contribution in [3.05, 3.63) is 171 Å². The molecule has 0 spiro atoms. The van der Waals surface area contributed by atoms with Gasteiger partial charge in [-0.05, 0) is 87.7 Å². The molecule has 6 aromatic carbocycles. The van der Waals surface area contributed by atoms with Crippen LogP contribution in [-0.4, -0.2) is 80.4 Å². The first-order chi connectivity index (χ1) is 38.3. The number of hydrogen-bond donors (Lipinski definition) is 1. The van der Waals surface area contributed by atoms with Crippen LogP contribution in [0.4, 0.5) is 0 Å². The van der Waals surface area contributed by atoms with Crippen LogP contribution in [0.1, 0.15) is 146 Å². The molecular formula is C65H79NO11S. The summed E-state index contributed by atoms with van der Waals surface area (Å²) in [5.74, 6) is 3.24. The summed E-state index contributed by atoms with van der Waals surface area (Å²) in [7, 11) is -4.12. The number of amides is 1. The first-order valence-electron chi connectivity index (χ1n) is 28.4. The zero-order valence-corrected chi connectivity index (χ0v) is 46.6. The maximum atomic E-state index is 13.4. The summed E-state index contributed by atoms with van der Waals surface area (Å²) in [4.78, 5) is 13.4. The molecule has 0 saturated heterocycles. The number of sulfonamides is 1. The van der Waals surface area contributed by atoms with Gasteiger partial charge < -0.3 is 37.9 Å². The standard InChI is InChI=1S/C65H79NO11S/c1-3-5-7-9-11-16-34-74-61-49-22-18-24-51(61)46-55-28-21-29-56-47-52-25-19-23-50(62(52)75-35-17-12-10-8-6-4-2)45-54-27-20-26-53(44-49)63(54)76-42-38-70-36-40-72-59-33-32-57(48-60(59)73-41-37-71-39-43-77-64(55)56)65(67)66-78(68,69)58-30-14-13-15-31-58/h13-15,18-33,48H,3-12,16-17,34-47H2,1-2H3,(H,66,67). The Balaban J connectivity index is 1.12. The fourth-order valence-electron chi connectivity index (χ4n) is 10.1. The molecule has 1 amide bonds. The molecule has 0 fully saturated rings. The number of benzene rings is 6. The van der Waals surface area contributed by atoms with Crippen LogP contribution in [0, 0.1) is 0 Å². The van der Waals surface area contributed by atoms with Gasteiger partial charge in [0.25, 0.3) is 15.9 Å². The topological polar surface area (TPSA) is 137 Å². The van der Waals surface area contributed by atoms with Crippen molar-refractivity contribution < 1.29 is 51.1 Å². The largest absolute Gasteiger partial charge is 0.493 e. The van der Waals surface area contributed by atoms with E-state index in [1.807, 2.05) is 0 Å². The molecule has 0 radical (unpaired) electrons. The average Bonchev–Trinajstić information content (AvgIpc) is 3.47. The average molecular weight is 1080 g/mol. The minimum Gasteiger partial charge on any atom is -0.493 e. The maximum Gasteiger partial charge on any atom is 0.265 e. The molecule has 0 unspecified atom stereocenters. The van der Waals surface area contributed by atoms with Crippen LogP contribution >= 0.6 is 0 Å². The highest BCUT2D eigenvalue weighted by molar-refractivity contribution is 7.90. The number of rotatable bonds is 19.